The molecule has 2 amide bonds. The molecule has 5 rings (SSSR count). The normalized spacial score (nSPS) is 14.1. The lowest BCUT2D eigenvalue weighted by Gasteiger charge is -2.17. The van der Waals surface area contributed by atoms with E-state index < -0.39 is 0 Å². The molecule has 4 aromatic rings. The molecular weight excluding hydrogens is 558 g/mol. The van der Waals surface area contributed by atoms with Gasteiger partial charge in [0.15, 0.2) is 0 Å². The summed E-state index contributed by atoms with van der Waals surface area (Å²) in [6.07, 6.45) is 1.80. The first kappa shape index (κ1) is 29.7. The lowest BCUT2D eigenvalue weighted by Crippen LogP contribution is -2.32. The van der Waals surface area contributed by atoms with Gasteiger partial charge in [0.1, 0.15) is 23.9 Å². The van der Waals surface area contributed by atoms with E-state index in [1.807, 2.05) is 57.2 Å². The lowest BCUT2D eigenvalue weighted by molar-refractivity contribution is -0.123. The second-order valence-electron chi connectivity index (χ2n) is 10.8. The van der Waals surface area contributed by atoms with E-state index in [1.165, 1.54) is 4.90 Å². The number of carbonyl (C=O) groups excluding carboxylic acids is 2. The number of hydrogen-bond acceptors (Lipinski definition) is 6. The van der Waals surface area contributed by atoms with Crippen molar-refractivity contribution >= 4 is 29.0 Å². The second-order valence-corrected chi connectivity index (χ2v) is 11.8. The molecule has 7 nitrogen and oxygen atoms in total. The van der Waals surface area contributed by atoms with Crippen molar-refractivity contribution in [1.29, 1.82) is 5.26 Å². The number of benzene rings is 3. The molecule has 1 saturated heterocycles. The van der Waals surface area contributed by atoms with Gasteiger partial charge < -0.3 is 14.0 Å². The first-order chi connectivity index (χ1) is 20.6. The molecule has 1 aliphatic rings. The van der Waals surface area contributed by atoms with Crippen LogP contribution in [0.2, 0.25) is 0 Å². The topological polar surface area (TPSA) is 84.6 Å². The van der Waals surface area contributed by atoms with Crippen molar-refractivity contribution in [3.8, 4) is 29.0 Å². The molecule has 3 aromatic carbocycles. The van der Waals surface area contributed by atoms with Gasteiger partial charge >= 0.3 is 0 Å². The predicted molar refractivity (Wildman–Crippen MR) is 170 cm³/mol. The zero-order valence-corrected chi connectivity index (χ0v) is 25.7. The van der Waals surface area contributed by atoms with E-state index in [2.05, 4.69) is 36.6 Å². The van der Waals surface area contributed by atoms with Gasteiger partial charge in [0.05, 0.1) is 23.1 Å². The Kier molecular flexibility index (Phi) is 8.74. The molecule has 2 heterocycles. The van der Waals surface area contributed by atoms with E-state index in [0.717, 1.165) is 51.3 Å². The molecule has 0 atom stereocenters. The summed E-state index contributed by atoms with van der Waals surface area (Å²) < 4.78 is 14.0. The number of imide groups is 1. The molecule has 8 heteroatoms. The fourth-order valence-electron chi connectivity index (χ4n) is 5.05. The highest BCUT2D eigenvalue weighted by atomic mass is 32.2. The van der Waals surface area contributed by atoms with Crippen molar-refractivity contribution in [2.24, 2.45) is 0 Å². The van der Waals surface area contributed by atoms with E-state index in [0.29, 0.717) is 27.9 Å². The molecule has 43 heavy (non-hydrogen) atoms. The molecule has 0 radical (unpaired) electrons. The average molecular weight is 592 g/mol. The number of carbonyl (C=O) groups is 2. The maximum atomic E-state index is 13.2. The van der Waals surface area contributed by atoms with Crippen molar-refractivity contribution in [2.45, 2.75) is 40.5 Å². The molecule has 0 unspecified atom stereocenters. The summed E-state index contributed by atoms with van der Waals surface area (Å²) in [6, 6.07) is 24.9. The Balaban J connectivity index is 1.27. The molecule has 218 valence electrons. The van der Waals surface area contributed by atoms with Gasteiger partial charge in [-0.1, -0.05) is 26.0 Å². The number of aromatic nitrogens is 1. The molecule has 0 bridgehead atoms. The number of ether oxygens (including phenoxy) is 2. The Morgan fingerprint density at radius 3 is 2.26 bits per heavy atom. The van der Waals surface area contributed by atoms with Crippen LogP contribution in [0.5, 0.6) is 17.2 Å². The fourth-order valence-corrected chi connectivity index (χ4v) is 5.91. The first-order valence-corrected chi connectivity index (χ1v) is 14.9. The van der Waals surface area contributed by atoms with Gasteiger partial charge in [-0.05, 0) is 122 Å². The summed E-state index contributed by atoms with van der Waals surface area (Å²) in [5, 5.41) is 8.69. The fraction of sp³-hybridized carbons (Fsp3) is 0.229. The molecule has 1 aromatic heterocycles. The summed E-state index contributed by atoms with van der Waals surface area (Å²) in [5.41, 5.74) is 6.55. The second kappa shape index (κ2) is 12.6. The number of thioether (sulfide) groups is 1. The minimum Gasteiger partial charge on any atom is -0.491 e. The van der Waals surface area contributed by atoms with Gasteiger partial charge in [0.2, 0.25) is 0 Å². The van der Waals surface area contributed by atoms with E-state index >= 15 is 0 Å². The third-order valence-electron chi connectivity index (χ3n) is 7.31. The van der Waals surface area contributed by atoms with Crippen LogP contribution < -0.4 is 9.47 Å². The third-order valence-corrected chi connectivity index (χ3v) is 8.22. The zero-order chi connectivity index (χ0) is 30.7. The maximum Gasteiger partial charge on any atom is 0.293 e. The molecule has 1 fully saturated rings. The summed E-state index contributed by atoms with van der Waals surface area (Å²) in [4.78, 5) is 27.6. The van der Waals surface area contributed by atoms with Crippen molar-refractivity contribution < 1.29 is 19.1 Å². The van der Waals surface area contributed by atoms with Gasteiger partial charge in [-0.25, -0.2) is 0 Å². The minimum absolute atomic E-state index is 0.184. The zero-order valence-electron chi connectivity index (χ0n) is 24.9. The van der Waals surface area contributed by atoms with Crippen LogP contribution >= 0.6 is 11.8 Å². The summed E-state index contributed by atoms with van der Waals surface area (Å²) in [7, 11) is 0. The Morgan fingerprint density at radius 2 is 1.60 bits per heavy atom. The van der Waals surface area contributed by atoms with Crippen LogP contribution in [0, 0.1) is 32.1 Å². The first-order valence-electron chi connectivity index (χ1n) is 14.1. The SMILES string of the molecule is Cc1ccc(C(C)C)c(OCCN2C(=O)S/C(=C\c3cc(C)n(-c4ccc(Oc5ccc(C#N)cc5)cc4)c3C)C2=O)c1. The van der Waals surface area contributed by atoms with Gasteiger partial charge in [-0.2, -0.15) is 5.26 Å². The van der Waals surface area contributed by atoms with Crippen LogP contribution in [-0.4, -0.2) is 33.8 Å². The van der Waals surface area contributed by atoms with E-state index in [-0.39, 0.29) is 24.3 Å². The van der Waals surface area contributed by atoms with E-state index in [9.17, 15) is 9.59 Å². The summed E-state index contributed by atoms with van der Waals surface area (Å²) in [5.74, 6) is 2.12. The molecule has 0 aliphatic carbocycles. The van der Waals surface area contributed by atoms with Crippen LogP contribution in [0.1, 0.15) is 53.4 Å². The van der Waals surface area contributed by atoms with Crippen LogP contribution in [0.3, 0.4) is 0 Å². The monoisotopic (exact) mass is 591 g/mol. The van der Waals surface area contributed by atoms with Crippen LogP contribution in [0.4, 0.5) is 4.79 Å². The number of rotatable bonds is 9. The van der Waals surface area contributed by atoms with Gasteiger partial charge in [0, 0.05) is 17.1 Å². The molecule has 0 spiro atoms. The molecular formula is C35H33N3O4S. The average Bonchev–Trinajstić information content (AvgIpc) is 3.42. The number of hydrogen-bond donors (Lipinski definition) is 0. The van der Waals surface area contributed by atoms with Crippen molar-refractivity contribution in [2.75, 3.05) is 13.2 Å². The van der Waals surface area contributed by atoms with E-state index in [1.54, 1.807) is 30.3 Å². The minimum atomic E-state index is -0.305. The van der Waals surface area contributed by atoms with Gasteiger partial charge in [0.25, 0.3) is 11.1 Å². The summed E-state index contributed by atoms with van der Waals surface area (Å²) >= 11 is 0.957. The quantitative estimate of drug-likeness (QED) is 0.182. The number of aryl methyl sites for hydroxylation is 2. The van der Waals surface area contributed by atoms with Crippen molar-refractivity contribution in [1.82, 2.24) is 9.47 Å². The Labute approximate surface area is 256 Å². The van der Waals surface area contributed by atoms with Crippen LogP contribution in [-0.2, 0) is 4.79 Å². The molecule has 1 aliphatic heterocycles. The predicted octanol–water partition coefficient (Wildman–Crippen LogP) is 8.31. The number of nitriles is 1. The van der Waals surface area contributed by atoms with Crippen molar-refractivity contribution in [3.05, 3.63) is 111 Å². The highest BCUT2D eigenvalue weighted by Gasteiger charge is 2.35. The Bertz CT molecular complexity index is 1750. The standard InChI is InChI=1S/C35H33N3O4S/c1-22(2)31-15-6-23(3)18-32(31)41-17-16-37-34(39)33(43-35(37)40)20-27-19-24(4)38(25(27)5)28-9-13-30(14-10-28)42-29-11-7-26(21-36)8-12-29/h6-15,18-20,22H,16-17H2,1-5H3/b33-20-. The summed E-state index contributed by atoms with van der Waals surface area (Å²) in [6.45, 7) is 10.6. The van der Waals surface area contributed by atoms with Gasteiger partial charge in [-0.3, -0.25) is 14.5 Å². The molecule has 0 N–H and O–H groups in total. The number of amides is 2. The largest absolute Gasteiger partial charge is 0.491 e. The Morgan fingerprint density at radius 1 is 0.930 bits per heavy atom. The molecule has 0 saturated carbocycles. The maximum absolute atomic E-state index is 13.2. The highest BCUT2D eigenvalue weighted by Crippen LogP contribution is 2.34. The smallest absolute Gasteiger partial charge is 0.293 e. The van der Waals surface area contributed by atoms with Crippen LogP contribution in [0.15, 0.2) is 77.7 Å². The number of nitrogens with zero attached hydrogens (tertiary/aromatic N) is 3. The third kappa shape index (κ3) is 6.52. The van der Waals surface area contributed by atoms with E-state index in [4.69, 9.17) is 14.7 Å². The Hall–Kier alpha value is -4.74. The van der Waals surface area contributed by atoms with Gasteiger partial charge in [-0.15, -0.1) is 0 Å². The highest BCUT2D eigenvalue weighted by molar-refractivity contribution is 8.18. The van der Waals surface area contributed by atoms with Crippen LogP contribution in [0.25, 0.3) is 11.8 Å². The van der Waals surface area contributed by atoms with Crippen molar-refractivity contribution in [3.63, 3.8) is 0 Å². The lowest BCUT2D eigenvalue weighted by atomic mass is 10.0.